The van der Waals surface area contributed by atoms with Crippen molar-refractivity contribution in [1.29, 1.82) is 0 Å². The van der Waals surface area contributed by atoms with Gasteiger partial charge < -0.3 is 10.1 Å². The van der Waals surface area contributed by atoms with E-state index >= 15 is 0 Å². The molecule has 3 rings (SSSR count). The third-order valence-electron chi connectivity index (χ3n) is 4.66. The maximum atomic E-state index is 6.05. The van der Waals surface area contributed by atoms with Crippen LogP contribution in [0.1, 0.15) is 57.6 Å². The average molecular weight is 277 g/mol. The second-order valence-electron chi connectivity index (χ2n) is 6.24. The van der Waals surface area contributed by atoms with Gasteiger partial charge in [-0.3, -0.25) is 4.68 Å². The number of nitrogens with one attached hydrogen (secondary N) is 1. The third-order valence-corrected chi connectivity index (χ3v) is 4.66. The van der Waals surface area contributed by atoms with Gasteiger partial charge in [0.15, 0.2) is 0 Å². The van der Waals surface area contributed by atoms with Crippen molar-refractivity contribution in [3.05, 3.63) is 18.0 Å². The Labute approximate surface area is 121 Å². The predicted molar refractivity (Wildman–Crippen MR) is 79.6 cm³/mol. The first kappa shape index (κ1) is 14.1. The van der Waals surface area contributed by atoms with Crippen LogP contribution in [0.4, 0.5) is 0 Å². The summed E-state index contributed by atoms with van der Waals surface area (Å²) in [6.07, 6.45) is 11.3. The van der Waals surface area contributed by atoms with Gasteiger partial charge in [-0.25, -0.2) is 0 Å². The highest BCUT2D eigenvalue weighted by molar-refractivity contribution is 5.14. The average Bonchev–Trinajstić information content (AvgIpc) is 3.16. The summed E-state index contributed by atoms with van der Waals surface area (Å²) >= 11 is 0. The number of ether oxygens (including phenoxy) is 1. The van der Waals surface area contributed by atoms with Gasteiger partial charge in [0.25, 0.3) is 0 Å². The molecule has 2 aliphatic rings. The molecule has 4 atom stereocenters. The Morgan fingerprint density at radius 1 is 1.40 bits per heavy atom. The number of hydrogen-bond acceptors (Lipinski definition) is 3. The van der Waals surface area contributed by atoms with Gasteiger partial charge >= 0.3 is 0 Å². The summed E-state index contributed by atoms with van der Waals surface area (Å²) in [5.74, 6) is 0.625. The summed E-state index contributed by atoms with van der Waals surface area (Å²) in [5.41, 5.74) is 1.34. The van der Waals surface area contributed by atoms with E-state index < -0.39 is 0 Å². The molecule has 2 fully saturated rings. The quantitative estimate of drug-likeness (QED) is 0.833. The third kappa shape index (κ3) is 2.77. The summed E-state index contributed by atoms with van der Waals surface area (Å²) in [4.78, 5) is 0. The molecular formula is C16H27N3O. The molecule has 4 nitrogen and oxygen atoms in total. The molecule has 1 aromatic rings. The van der Waals surface area contributed by atoms with Gasteiger partial charge in [-0.15, -0.1) is 0 Å². The van der Waals surface area contributed by atoms with E-state index in [1.54, 1.807) is 0 Å². The van der Waals surface area contributed by atoms with Crippen LogP contribution in [-0.4, -0.2) is 28.5 Å². The lowest BCUT2D eigenvalue weighted by Crippen LogP contribution is -2.34. The van der Waals surface area contributed by atoms with Crippen molar-refractivity contribution in [2.45, 2.75) is 70.7 Å². The molecule has 2 saturated heterocycles. The molecule has 4 heteroatoms. The zero-order valence-electron chi connectivity index (χ0n) is 12.7. The molecule has 112 valence electrons. The molecule has 0 aromatic carbocycles. The largest absolute Gasteiger partial charge is 0.375 e. The van der Waals surface area contributed by atoms with Crippen LogP contribution in [-0.2, 0) is 11.3 Å². The Morgan fingerprint density at radius 3 is 2.95 bits per heavy atom. The molecule has 0 saturated carbocycles. The molecular weight excluding hydrogens is 250 g/mol. The lowest BCUT2D eigenvalue weighted by Gasteiger charge is -2.28. The molecule has 1 N–H and O–H groups in total. The Bertz CT molecular complexity index is 431. The fourth-order valence-electron chi connectivity index (χ4n) is 3.74. The van der Waals surface area contributed by atoms with Gasteiger partial charge in [-0.2, -0.15) is 5.10 Å². The Morgan fingerprint density at radius 2 is 2.30 bits per heavy atom. The minimum absolute atomic E-state index is 0.413. The van der Waals surface area contributed by atoms with Crippen molar-refractivity contribution in [2.75, 3.05) is 6.54 Å². The summed E-state index contributed by atoms with van der Waals surface area (Å²) in [6, 6.07) is 0.413. The smallest absolute Gasteiger partial charge is 0.0627 e. The molecule has 0 amide bonds. The molecule has 4 unspecified atom stereocenters. The maximum Gasteiger partial charge on any atom is 0.0627 e. The number of nitrogens with zero attached hydrogens (tertiary/aromatic N) is 2. The van der Waals surface area contributed by atoms with E-state index in [9.17, 15) is 0 Å². The van der Waals surface area contributed by atoms with E-state index in [2.05, 4.69) is 41.3 Å². The molecule has 3 heterocycles. The summed E-state index contributed by atoms with van der Waals surface area (Å²) in [7, 11) is 0. The molecule has 20 heavy (non-hydrogen) atoms. The van der Waals surface area contributed by atoms with Gasteiger partial charge in [0.2, 0.25) is 0 Å². The molecule has 2 bridgehead atoms. The fourth-order valence-corrected chi connectivity index (χ4v) is 3.74. The molecule has 2 aliphatic heterocycles. The van der Waals surface area contributed by atoms with Crippen LogP contribution in [0.25, 0.3) is 0 Å². The number of fused-ring (bicyclic) bond motifs is 2. The molecule has 0 radical (unpaired) electrons. The second-order valence-corrected chi connectivity index (χ2v) is 6.24. The SMILES string of the molecule is CCCNC(c1cnn(CCC)c1)C1CC2CCC1O2. The Kier molecular flexibility index (Phi) is 4.41. The monoisotopic (exact) mass is 277 g/mol. The highest BCUT2D eigenvalue weighted by Gasteiger charge is 2.44. The van der Waals surface area contributed by atoms with Crippen molar-refractivity contribution >= 4 is 0 Å². The van der Waals surface area contributed by atoms with Crippen LogP contribution in [0.5, 0.6) is 0 Å². The van der Waals surface area contributed by atoms with E-state index in [0.29, 0.717) is 24.2 Å². The summed E-state index contributed by atoms with van der Waals surface area (Å²) < 4.78 is 8.13. The van der Waals surface area contributed by atoms with Crippen molar-refractivity contribution < 1.29 is 4.74 Å². The maximum absolute atomic E-state index is 6.05. The number of aryl methyl sites for hydroxylation is 1. The van der Waals surface area contributed by atoms with Gasteiger partial charge in [-0.1, -0.05) is 13.8 Å². The van der Waals surface area contributed by atoms with Gasteiger partial charge in [0, 0.05) is 30.3 Å². The first-order chi connectivity index (χ1) is 9.81. The van der Waals surface area contributed by atoms with Gasteiger partial charge in [-0.05, 0) is 38.6 Å². The summed E-state index contributed by atoms with van der Waals surface area (Å²) in [5, 5.41) is 8.24. The standard InChI is InChI=1S/C16H27N3O/c1-3-7-17-16(12-10-18-19(11-12)8-4-2)14-9-13-5-6-15(14)20-13/h10-11,13-17H,3-9H2,1-2H3. The van der Waals surface area contributed by atoms with Crippen molar-refractivity contribution in [2.24, 2.45) is 5.92 Å². The zero-order valence-corrected chi connectivity index (χ0v) is 12.7. The van der Waals surface area contributed by atoms with Gasteiger partial charge in [0.05, 0.1) is 18.4 Å². The van der Waals surface area contributed by atoms with Crippen LogP contribution >= 0.6 is 0 Å². The first-order valence-corrected chi connectivity index (χ1v) is 8.23. The van der Waals surface area contributed by atoms with E-state index in [-0.39, 0.29) is 0 Å². The van der Waals surface area contributed by atoms with E-state index in [1.165, 1.54) is 31.2 Å². The van der Waals surface area contributed by atoms with Crippen molar-refractivity contribution in [1.82, 2.24) is 15.1 Å². The van der Waals surface area contributed by atoms with Crippen molar-refractivity contribution in [3.63, 3.8) is 0 Å². The Hall–Kier alpha value is -0.870. The van der Waals surface area contributed by atoms with E-state index in [4.69, 9.17) is 4.74 Å². The topological polar surface area (TPSA) is 39.1 Å². The number of aromatic nitrogens is 2. The summed E-state index contributed by atoms with van der Waals surface area (Å²) in [6.45, 7) is 6.49. The second kappa shape index (κ2) is 6.27. The van der Waals surface area contributed by atoms with E-state index in [1.807, 2.05) is 0 Å². The van der Waals surface area contributed by atoms with Crippen molar-refractivity contribution in [3.8, 4) is 0 Å². The minimum Gasteiger partial charge on any atom is -0.375 e. The first-order valence-electron chi connectivity index (χ1n) is 8.23. The Balaban J connectivity index is 1.74. The van der Waals surface area contributed by atoms with Gasteiger partial charge in [0.1, 0.15) is 0 Å². The normalized spacial score (nSPS) is 30.0. The number of rotatable bonds is 7. The van der Waals surface area contributed by atoms with Crippen LogP contribution in [0, 0.1) is 5.92 Å². The lowest BCUT2D eigenvalue weighted by molar-refractivity contribution is 0.0856. The molecule has 0 aliphatic carbocycles. The highest BCUT2D eigenvalue weighted by atomic mass is 16.5. The van der Waals surface area contributed by atoms with E-state index in [0.717, 1.165) is 19.5 Å². The number of hydrogen-bond donors (Lipinski definition) is 1. The van der Waals surface area contributed by atoms with Crippen LogP contribution < -0.4 is 5.32 Å². The fraction of sp³-hybridized carbons (Fsp3) is 0.812. The lowest BCUT2D eigenvalue weighted by atomic mass is 9.81. The van der Waals surface area contributed by atoms with Crippen LogP contribution in [0.2, 0.25) is 0 Å². The minimum atomic E-state index is 0.413. The van der Waals surface area contributed by atoms with Crippen LogP contribution in [0.3, 0.4) is 0 Å². The predicted octanol–water partition coefficient (Wildman–Crippen LogP) is 2.90. The molecule has 1 aromatic heterocycles. The van der Waals surface area contributed by atoms with Crippen LogP contribution in [0.15, 0.2) is 12.4 Å². The molecule has 0 spiro atoms. The highest BCUT2D eigenvalue weighted by Crippen LogP contribution is 2.44. The zero-order chi connectivity index (χ0) is 13.9.